The van der Waals surface area contributed by atoms with Gasteiger partial charge >= 0.3 is 0 Å². The van der Waals surface area contributed by atoms with Gasteiger partial charge in [-0.05, 0) is 31.9 Å². The summed E-state index contributed by atoms with van der Waals surface area (Å²) in [7, 11) is 0. The molecule has 106 valence electrons. The number of nitrogens with zero attached hydrogens (tertiary/aromatic N) is 1. The summed E-state index contributed by atoms with van der Waals surface area (Å²) in [5, 5.41) is 1.21. The number of aromatic nitrogens is 2. The van der Waals surface area contributed by atoms with Gasteiger partial charge in [0.1, 0.15) is 5.76 Å². The van der Waals surface area contributed by atoms with Crippen LogP contribution in [-0.4, -0.2) is 9.97 Å². The summed E-state index contributed by atoms with van der Waals surface area (Å²) >= 11 is 0. The SMILES string of the molecule is Cc1nc(C(N)Cc2c[nH]c3ccccc23)oc1C.Cl. The number of benzene rings is 1. The fraction of sp³-hybridized carbons (Fsp3) is 0.267. The summed E-state index contributed by atoms with van der Waals surface area (Å²) in [6.45, 7) is 3.84. The number of fused-ring (bicyclic) bond motifs is 1. The Labute approximate surface area is 123 Å². The molecule has 0 aliphatic carbocycles. The summed E-state index contributed by atoms with van der Waals surface area (Å²) in [6, 6.07) is 7.99. The lowest BCUT2D eigenvalue weighted by Crippen LogP contribution is -2.13. The van der Waals surface area contributed by atoms with Crippen LogP contribution < -0.4 is 5.73 Å². The molecule has 0 spiro atoms. The highest BCUT2D eigenvalue weighted by molar-refractivity contribution is 5.85. The molecule has 0 saturated heterocycles. The first kappa shape index (κ1) is 14.6. The normalized spacial score (nSPS) is 12.3. The molecule has 2 aromatic heterocycles. The molecule has 0 aliphatic heterocycles. The number of rotatable bonds is 3. The summed E-state index contributed by atoms with van der Waals surface area (Å²) in [6.07, 6.45) is 2.72. The molecule has 2 heterocycles. The molecule has 20 heavy (non-hydrogen) atoms. The molecule has 1 unspecified atom stereocenters. The fourth-order valence-electron chi connectivity index (χ4n) is 2.28. The van der Waals surface area contributed by atoms with E-state index in [-0.39, 0.29) is 18.4 Å². The molecule has 5 heteroatoms. The third-order valence-electron chi connectivity index (χ3n) is 3.48. The van der Waals surface area contributed by atoms with Crippen LogP contribution in [0.2, 0.25) is 0 Å². The first-order chi connectivity index (χ1) is 9.15. The maximum atomic E-state index is 6.19. The van der Waals surface area contributed by atoms with Crippen LogP contribution in [0.5, 0.6) is 0 Å². The van der Waals surface area contributed by atoms with E-state index < -0.39 is 0 Å². The number of aryl methyl sites for hydroxylation is 2. The number of oxazole rings is 1. The van der Waals surface area contributed by atoms with Crippen LogP contribution in [-0.2, 0) is 6.42 Å². The van der Waals surface area contributed by atoms with Crippen LogP contribution in [0.25, 0.3) is 10.9 Å². The second-order valence-electron chi connectivity index (χ2n) is 4.86. The molecule has 1 atom stereocenters. The van der Waals surface area contributed by atoms with Crippen molar-refractivity contribution in [1.29, 1.82) is 0 Å². The predicted octanol–water partition coefficient (Wildman–Crippen LogP) is 3.44. The first-order valence-electron chi connectivity index (χ1n) is 6.39. The van der Waals surface area contributed by atoms with Gasteiger partial charge in [-0.25, -0.2) is 4.98 Å². The Balaban J connectivity index is 0.00000147. The van der Waals surface area contributed by atoms with Crippen molar-refractivity contribution in [2.45, 2.75) is 26.3 Å². The quantitative estimate of drug-likeness (QED) is 0.777. The number of hydrogen-bond acceptors (Lipinski definition) is 3. The Morgan fingerprint density at radius 3 is 2.75 bits per heavy atom. The van der Waals surface area contributed by atoms with Crippen molar-refractivity contribution < 1.29 is 4.42 Å². The van der Waals surface area contributed by atoms with Crippen molar-refractivity contribution >= 4 is 23.3 Å². The standard InChI is InChI=1S/C15H17N3O.ClH/c1-9-10(2)19-15(18-9)13(16)7-11-8-17-14-6-4-3-5-12(11)14;/h3-6,8,13,17H,7,16H2,1-2H3;1H. The molecule has 3 N–H and O–H groups in total. The van der Waals surface area contributed by atoms with Crippen molar-refractivity contribution in [3.8, 4) is 0 Å². The highest BCUT2D eigenvalue weighted by atomic mass is 35.5. The maximum absolute atomic E-state index is 6.19. The van der Waals surface area contributed by atoms with Gasteiger partial charge < -0.3 is 15.1 Å². The van der Waals surface area contributed by atoms with Gasteiger partial charge in [-0.1, -0.05) is 18.2 Å². The van der Waals surface area contributed by atoms with Crippen molar-refractivity contribution in [1.82, 2.24) is 9.97 Å². The molecule has 0 bridgehead atoms. The zero-order valence-corrected chi connectivity index (χ0v) is 12.3. The minimum absolute atomic E-state index is 0. The lowest BCUT2D eigenvalue weighted by atomic mass is 10.1. The highest BCUT2D eigenvalue weighted by Gasteiger charge is 2.16. The van der Waals surface area contributed by atoms with Gasteiger partial charge in [-0.15, -0.1) is 12.4 Å². The fourth-order valence-corrected chi connectivity index (χ4v) is 2.28. The molecule has 0 fully saturated rings. The average Bonchev–Trinajstić information content (AvgIpc) is 2.95. The van der Waals surface area contributed by atoms with Gasteiger partial charge in [-0.3, -0.25) is 0 Å². The largest absolute Gasteiger partial charge is 0.444 e. The smallest absolute Gasteiger partial charge is 0.211 e. The van der Waals surface area contributed by atoms with Gasteiger partial charge in [0.15, 0.2) is 0 Å². The number of nitrogens with two attached hydrogens (primary N) is 1. The second-order valence-corrected chi connectivity index (χ2v) is 4.86. The Bertz CT molecular complexity index is 697. The van der Waals surface area contributed by atoms with E-state index in [1.807, 2.05) is 32.2 Å². The molecule has 3 rings (SSSR count). The summed E-state index contributed by atoms with van der Waals surface area (Å²) in [5.41, 5.74) is 9.42. The summed E-state index contributed by atoms with van der Waals surface area (Å²) in [5.74, 6) is 1.45. The van der Waals surface area contributed by atoms with Gasteiger partial charge in [-0.2, -0.15) is 0 Å². The van der Waals surface area contributed by atoms with E-state index in [0.29, 0.717) is 12.3 Å². The van der Waals surface area contributed by atoms with Gasteiger partial charge in [0.2, 0.25) is 5.89 Å². The Morgan fingerprint density at radius 2 is 2.05 bits per heavy atom. The first-order valence-corrected chi connectivity index (χ1v) is 6.39. The Hall–Kier alpha value is -1.78. The molecule has 0 amide bonds. The lowest BCUT2D eigenvalue weighted by Gasteiger charge is -2.06. The minimum atomic E-state index is -0.216. The van der Waals surface area contributed by atoms with E-state index in [0.717, 1.165) is 17.0 Å². The number of aromatic amines is 1. The zero-order valence-electron chi connectivity index (χ0n) is 11.5. The van der Waals surface area contributed by atoms with Crippen LogP contribution >= 0.6 is 12.4 Å². The lowest BCUT2D eigenvalue weighted by molar-refractivity contribution is 0.431. The zero-order chi connectivity index (χ0) is 13.4. The molecule has 1 aromatic carbocycles. The van der Waals surface area contributed by atoms with E-state index in [2.05, 4.69) is 22.1 Å². The third kappa shape index (κ3) is 2.57. The topological polar surface area (TPSA) is 67.8 Å². The van der Waals surface area contributed by atoms with E-state index in [9.17, 15) is 0 Å². The van der Waals surface area contributed by atoms with E-state index in [4.69, 9.17) is 10.2 Å². The van der Waals surface area contributed by atoms with Crippen LogP contribution in [0, 0.1) is 13.8 Å². The maximum Gasteiger partial charge on any atom is 0.211 e. The number of para-hydroxylation sites is 1. The molecular formula is C15H18ClN3O. The Kier molecular flexibility index (Phi) is 4.16. The van der Waals surface area contributed by atoms with Crippen molar-refractivity contribution in [3.05, 3.63) is 53.4 Å². The second kappa shape index (κ2) is 5.69. The van der Waals surface area contributed by atoms with E-state index >= 15 is 0 Å². The van der Waals surface area contributed by atoms with Crippen LogP contribution in [0.1, 0.15) is 29.0 Å². The molecule has 0 saturated carbocycles. The monoisotopic (exact) mass is 291 g/mol. The Morgan fingerprint density at radius 1 is 1.30 bits per heavy atom. The van der Waals surface area contributed by atoms with Gasteiger partial charge in [0.25, 0.3) is 0 Å². The summed E-state index contributed by atoms with van der Waals surface area (Å²) < 4.78 is 5.59. The van der Waals surface area contributed by atoms with Gasteiger partial charge in [0.05, 0.1) is 11.7 Å². The highest BCUT2D eigenvalue weighted by Crippen LogP contribution is 2.23. The molecule has 3 aromatic rings. The van der Waals surface area contributed by atoms with Gasteiger partial charge in [0, 0.05) is 17.1 Å². The predicted molar refractivity (Wildman–Crippen MR) is 82.2 cm³/mol. The third-order valence-corrected chi connectivity index (χ3v) is 3.48. The van der Waals surface area contributed by atoms with Crippen molar-refractivity contribution in [2.24, 2.45) is 5.73 Å². The number of H-pyrrole nitrogens is 1. The summed E-state index contributed by atoms with van der Waals surface area (Å²) in [4.78, 5) is 7.62. The number of halogens is 1. The number of nitrogens with one attached hydrogen (secondary N) is 1. The molecule has 4 nitrogen and oxygen atoms in total. The van der Waals surface area contributed by atoms with Crippen molar-refractivity contribution in [2.75, 3.05) is 0 Å². The van der Waals surface area contributed by atoms with Crippen molar-refractivity contribution in [3.63, 3.8) is 0 Å². The van der Waals surface area contributed by atoms with E-state index in [1.165, 1.54) is 10.9 Å². The van der Waals surface area contributed by atoms with Crippen LogP contribution in [0.3, 0.4) is 0 Å². The minimum Gasteiger partial charge on any atom is -0.444 e. The molecule has 0 aliphatic rings. The van der Waals surface area contributed by atoms with Crippen LogP contribution in [0.4, 0.5) is 0 Å². The van der Waals surface area contributed by atoms with E-state index in [1.54, 1.807) is 0 Å². The molecule has 0 radical (unpaired) electrons. The average molecular weight is 292 g/mol. The number of hydrogen-bond donors (Lipinski definition) is 2. The van der Waals surface area contributed by atoms with Crippen LogP contribution in [0.15, 0.2) is 34.9 Å². The molecular weight excluding hydrogens is 274 g/mol.